The molecule has 1 saturated heterocycles. The van der Waals surface area contributed by atoms with Crippen molar-refractivity contribution in [1.82, 2.24) is 0 Å². The summed E-state index contributed by atoms with van der Waals surface area (Å²) in [6.45, 7) is 1.11. The number of carbonyl (C=O) groups excluding carboxylic acids is 1. The molecule has 30 heavy (non-hydrogen) atoms. The molecule has 10 heteroatoms. The van der Waals surface area contributed by atoms with Gasteiger partial charge in [0.1, 0.15) is 31.0 Å². The minimum absolute atomic E-state index is 0.0137. The quantitative estimate of drug-likeness (QED) is 0.137. The van der Waals surface area contributed by atoms with E-state index in [1.165, 1.54) is 30.4 Å². The van der Waals surface area contributed by atoms with E-state index in [0.717, 1.165) is 6.08 Å². The lowest BCUT2D eigenvalue weighted by molar-refractivity contribution is -0.299. The fourth-order valence-corrected chi connectivity index (χ4v) is 2.64. The molecule has 0 spiro atoms. The highest BCUT2D eigenvalue weighted by molar-refractivity contribution is 5.87. The maximum Gasteiger partial charge on any atom is 0.330 e. The molecule has 0 bridgehead atoms. The van der Waals surface area contributed by atoms with Crippen LogP contribution < -0.4 is 0 Å². The Morgan fingerprint density at radius 2 is 1.87 bits per heavy atom. The first-order valence-electron chi connectivity index (χ1n) is 9.17. The monoisotopic (exact) mass is 426 g/mol. The first-order chi connectivity index (χ1) is 14.2. The molecule has 0 aromatic heterocycles. The largest absolute Gasteiger partial charge is 0.504 e. The van der Waals surface area contributed by atoms with Crippen LogP contribution in [0.2, 0.25) is 0 Å². The van der Waals surface area contributed by atoms with Crippen LogP contribution in [-0.4, -0.2) is 87.1 Å². The van der Waals surface area contributed by atoms with Crippen molar-refractivity contribution in [3.8, 4) is 11.5 Å². The van der Waals surface area contributed by atoms with Crippen LogP contribution in [0.3, 0.4) is 0 Å². The summed E-state index contributed by atoms with van der Waals surface area (Å²) < 4.78 is 15.8. The number of rotatable bonds is 8. The highest BCUT2D eigenvalue weighted by Gasteiger charge is 2.44. The van der Waals surface area contributed by atoms with Gasteiger partial charge in [0.25, 0.3) is 0 Å². The third-order valence-corrected chi connectivity index (χ3v) is 4.38. The van der Waals surface area contributed by atoms with Crippen molar-refractivity contribution in [2.45, 2.75) is 37.6 Å². The Kier molecular flexibility index (Phi) is 8.78. The predicted molar refractivity (Wildman–Crippen MR) is 103 cm³/mol. The van der Waals surface area contributed by atoms with Gasteiger partial charge in [0, 0.05) is 6.08 Å². The summed E-state index contributed by atoms with van der Waals surface area (Å²) in [5, 5.41) is 57.6. The van der Waals surface area contributed by atoms with Crippen molar-refractivity contribution in [3.05, 3.63) is 41.5 Å². The molecule has 1 aliphatic heterocycles. The summed E-state index contributed by atoms with van der Waals surface area (Å²) in [6.07, 6.45) is -3.11. The van der Waals surface area contributed by atoms with Crippen molar-refractivity contribution in [1.29, 1.82) is 0 Å². The van der Waals surface area contributed by atoms with E-state index in [9.17, 15) is 30.3 Å². The zero-order valence-corrected chi connectivity index (χ0v) is 16.3. The number of aromatic hydroxyl groups is 2. The first-order valence-corrected chi connectivity index (χ1v) is 9.17. The van der Waals surface area contributed by atoms with E-state index in [1.54, 1.807) is 6.92 Å². The topological polar surface area (TPSA) is 166 Å². The van der Waals surface area contributed by atoms with Crippen LogP contribution in [0.1, 0.15) is 12.5 Å². The summed E-state index contributed by atoms with van der Waals surface area (Å²) in [5.74, 6) is -1.41. The molecule has 1 fully saturated rings. The second kappa shape index (κ2) is 11.1. The van der Waals surface area contributed by atoms with E-state index in [1.807, 2.05) is 0 Å². The van der Waals surface area contributed by atoms with E-state index < -0.39 is 43.3 Å². The first kappa shape index (κ1) is 23.8. The van der Waals surface area contributed by atoms with Gasteiger partial charge in [-0.05, 0) is 36.3 Å². The normalized spacial score (nSPS) is 27.4. The second-order valence-electron chi connectivity index (χ2n) is 6.77. The maximum atomic E-state index is 11.9. The molecular formula is C20H26O10. The molecule has 1 heterocycles. The highest BCUT2D eigenvalue weighted by atomic mass is 16.7. The number of ether oxygens (including phenoxy) is 3. The summed E-state index contributed by atoms with van der Waals surface area (Å²) >= 11 is 0. The number of carbonyl (C=O) groups is 1. The highest BCUT2D eigenvalue weighted by Crippen LogP contribution is 2.25. The lowest BCUT2D eigenvalue weighted by Crippen LogP contribution is -2.59. The van der Waals surface area contributed by atoms with E-state index >= 15 is 0 Å². The Bertz CT molecular complexity index is 775. The number of hydrogen-bond acceptors (Lipinski definition) is 10. The standard InChI is InChI=1S/C20H26O10/c1-11(6-7-21)9-29-20-19(27)18(26)17(25)15(30-20)10-28-16(24)5-3-12-2-4-13(22)14(23)8-12/h2-6,8,15,17-23,25-27H,7,9-10H2,1H3. The molecule has 2 rings (SSSR count). The number of aliphatic hydroxyl groups is 4. The number of phenols is 2. The molecule has 0 aliphatic carbocycles. The molecule has 0 saturated carbocycles. The zero-order valence-electron chi connectivity index (χ0n) is 16.3. The van der Waals surface area contributed by atoms with Gasteiger partial charge in [-0.25, -0.2) is 4.79 Å². The lowest BCUT2D eigenvalue weighted by Gasteiger charge is -2.39. The molecular weight excluding hydrogens is 400 g/mol. The number of phenolic OH excluding ortho intramolecular Hbond substituents is 2. The van der Waals surface area contributed by atoms with Crippen LogP contribution in [0.25, 0.3) is 6.08 Å². The van der Waals surface area contributed by atoms with Crippen molar-refractivity contribution in [3.63, 3.8) is 0 Å². The smallest absolute Gasteiger partial charge is 0.330 e. The van der Waals surface area contributed by atoms with Gasteiger partial charge < -0.3 is 44.8 Å². The number of aliphatic hydroxyl groups excluding tert-OH is 4. The van der Waals surface area contributed by atoms with Gasteiger partial charge in [-0.15, -0.1) is 0 Å². The maximum absolute atomic E-state index is 11.9. The number of esters is 1. The molecule has 6 N–H and O–H groups in total. The van der Waals surface area contributed by atoms with Crippen LogP contribution in [-0.2, 0) is 19.0 Å². The summed E-state index contributed by atoms with van der Waals surface area (Å²) in [7, 11) is 0. The van der Waals surface area contributed by atoms with Crippen LogP contribution in [0.15, 0.2) is 35.9 Å². The van der Waals surface area contributed by atoms with Crippen molar-refractivity contribution >= 4 is 12.0 Å². The molecule has 0 amide bonds. The Morgan fingerprint density at radius 3 is 2.53 bits per heavy atom. The zero-order chi connectivity index (χ0) is 22.3. The fourth-order valence-electron chi connectivity index (χ4n) is 2.64. The van der Waals surface area contributed by atoms with Gasteiger partial charge in [0.2, 0.25) is 0 Å². The van der Waals surface area contributed by atoms with Gasteiger partial charge in [-0.3, -0.25) is 0 Å². The van der Waals surface area contributed by atoms with Gasteiger partial charge >= 0.3 is 5.97 Å². The summed E-state index contributed by atoms with van der Waals surface area (Å²) in [6, 6.07) is 3.98. The number of benzene rings is 1. The third-order valence-electron chi connectivity index (χ3n) is 4.38. The molecule has 166 valence electrons. The Morgan fingerprint density at radius 1 is 1.13 bits per heavy atom. The Labute approximate surface area is 172 Å². The minimum Gasteiger partial charge on any atom is -0.504 e. The van der Waals surface area contributed by atoms with Crippen LogP contribution in [0.4, 0.5) is 0 Å². The van der Waals surface area contributed by atoms with Crippen LogP contribution in [0, 0.1) is 0 Å². The van der Waals surface area contributed by atoms with E-state index in [4.69, 9.17) is 19.3 Å². The molecule has 1 aromatic carbocycles. The second-order valence-corrected chi connectivity index (χ2v) is 6.77. The van der Waals surface area contributed by atoms with E-state index in [-0.39, 0.29) is 24.7 Å². The third kappa shape index (κ3) is 6.52. The van der Waals surface area contributed by atoms with Gasteiger partial charge in [0.15, 0.2) is 17.8 Å². The SMILES string of the molecule is CC(=CCO)COC1OC(COC(=O)C=Cc2ccc(O)c(O)c2)C(O)C(O)C1O. The van der Waals surface area contributed by atoms with Gasteiger partial charge in [-0.1, -0.05) is 12.1 Å². The predicted octanol–water partition coefficient (Wildman–Crippen LogP) is -0.583. The molecule has 5 unspecified atom stereocenters. The molecule has 0 radical (unpaired) electrons. The minimum atomic E-state index is -1.58. The molecule has 1 aliphatic rings. The molecule has 1 aromatic rings. The fraction of sp³-hybridized carbons (Fsp3) is 0.450. The molecule has 5 atom stereocenters. The Hall–Kier alpha value is -2.47. The average Bonchev–Trinajstić information content (AvgIpc) is 2.72. The van der Waals surface area contributed by atoms with Gasteiger partial charge in [0.05, 0.1) is 13.2 Å². The van der Waals surface area contributed by atoms with Gasteiger partial charge in [-0.2, -0.15) is 0 Å². The lowest BCUT2D eigenvalue weighted by atomic mass is 9.99. The summed E-state index contributed by atoms with van der Waals surface area (Å²) in [5.41, 5.74) is 1.11. The van der Waals surface area contributed by atoms with Crippen molar-refractivity contribution < 1.29 is 49.6 Å². The van der Waals surface area contributed by atoms with Crippen LogP contribution >= 0.6 is 0 Å². The van der Waals surface area contributed by atoms with E-state index in [2.05, 4.69) is 0 Å². The van der Waals surface area contributed by atoms with Crippen molar-refractivity contribution in [2.75, 3.05) is 19.8 Å². The Balaban J connectivity index is 1.91. The van der Waals surface area contributed by atoms with Crippen LogP contribution in [0.5, 0.6) is 11.5 Å². The van der Waals surface area contributed by atoms with E-state index in [0.29, 0.717) is 11.1 Å². The van der Waals surface area contributed by atoms with Crippen molar-refractivity contribution in [2.24, 2.45) is 0 Å². The summed E-state index contributed by atoms with van der Waals surface area (Å²) in [4.78, 5) is 11.9. The molecule has 10 nitrogen and oxygen atoms in total. The number of hydrogen-bond donors (Lipinski definition) is 6. The average molecular weight is 426 g/mol.